The van der Waals surface area contributed by atoms with Crippen LogP contribution in [0.3, 0.4) is 0 Å². The first kappa shape index (κ1) is 12.8. The van der Waals surface area contributed by atoms with Crippen molar-refractivity contribution in [1.82, 2.24) is 10.6 Å². The molecular formula is C12H22N2O3. The van der Waals surface area contributed by atoms with Gasteiger partial charge in [-0.05, 0) is 19.8 Å². The van der Waals surface area contributed by atoms with Crippen molar-refractivity contribution in [3.8, 4) is 0 Å². The third kappa shape index (κ3) is 3.94. The summed E-state index contributed by atoms with van der Waals surface area (Å²) in [6.07, 6.45) is 2.44. The van der Waals surface area contributed by atoms with Crippen molar-refractivity contribution in [3.63, 3.8) is 0 Å². The lowest BCUT2D eigenvalue weighted by atomic mass is 9.94. The molecule has 0 saturated carbocycles. The van der Waals surface area contributed by atoms with E-state index in [0.29, 0.717) is 19.6 Å². The Morgan fingerprint density at radius 2 is 2.41 bits per heavy atom. The molecule has 2 aliphatic rings. The second-order valence-electron chi connectivity index (χ2n) is 5.17. The largest absolute Gasteiger partial charge is 0.379 e. The molecule has 0 aromatic rings. The number of amides is 1. The zero-order valence-electron chi connectivity index (χ0n) is 10.5. The molecule has 2 N–H and O–H groups in total. The Kier molecular flexibility index (Phi) is 4.36. The van der Waals surface area contributed by atoms with E-state index in [2.05, 4.69) is 10.6 Å². The van der Waals surface area contributed by atoms with Crippen molar-refractivity contribution < 1.29 is 14.3 Å². The van der Waals surface area contributed by atoms with Crippen molar-refractivity contribution in [2.75, 3.05) is 32.9 Å². The van der Waals surface area contributed by atoms with Gasteiger partial charge in [-0.2, -0.15) is 0 Å². The van der Waals surface area contributed by atoms with E-state index >= 15 is 0 Å². The normalized spacial score (nSPS) is 34.3. The van der Waals surface area contributed by atoms with Crippen LogP contribution in [0.1, 0.15) is 26.2 Å². The predicted molar refractivity (Wildman–Crippen MR) is 63.8 cm³/mol. The van der Waals surface area contributed by atoms with E-state index in [9.17, 15) is 4.79 Å². The number of nitrogens with one attached hydrogen (secondary N) is 2. The van der Waals surface area contributed by atoms with Gasteiger partial charge in [0.25, 0.3) is 0 Å². The number of morpholine rings is 1. The van der Waals surface area contributed by atoms with E-state index in [1.54, 1.807) is 0 Å². The second kappa shape index (κ2) is 5.80. The van der Waals surface area contributed by atoms with Crippen LogP contribution in [-0.2, 0) is 14.3 Å². The van der Waals surface area contributed by atoms with Crippen LogP contribution in [0.15, 0.2) is 0 Å². The van der Waals surface area contributed by atoms with Crippen molar-refractivity contribution >= 4 is 5.91 Å². The average Bonchev–Trinajstić information content (AvgIpc) is 2.30. The van der Waals surface area contributed by atoms with E-state index in [-0.39, 0.29) is 17.6 Å². The van der Waals surface area contributed by atoms with Crippen LogP contribution < -0.4 is 10.6 Å². The van der Waals surface area contributed by atoms with Crippen molar-refractivity contribution in [2.45, 2.75) is 37.8 Å². The van der Waals surface area contributed by atoms with Gasteiger partial charge in [0.2, 0.25) is 5.91 Å². The number of hydrogen-bond donors (Lipinski definition) is 2. The molecule has 2 unspecified atom stereocenters. The smallest absolute Gasteiger partial charge is 0.223 e. The highest BCUT2D eigenvalue weighted by Gasteiger charge is 2.30. The highest BCUT2D eigenvalue weighted by Crippen LogP contribution is 2.18. The van der Waals surface area contributed by atoms with Gasteiger partial charge in [0.15, 0.2) is 0 Å². The minimum atomic E-state index is -0.197. The lowest BCUT2D eigenvalue weighted by Crippen LogP contribution is -2.53. The van der Waals surface area contributed by atoms with Crippen LogP contribution in [0.25, 0.3) is 0 Å². The summed E-state index contributed by atoms with van der Waals surface area (Å²) in [6.45, 7) is 5.80. The maximum atomic E-state index is 11.9. The van der Waals surface area contributed by atoms with Gasteiger partial charge in [0.05, 0.1) is 31.3 Å². The molecule has 2 aliphatic heterocycles. The molecule has 98 valence electrons. The Balaban J connectivity index is 1.75. The molecule has 1 amide bonds. The molecule has 17 heavy (non-hydrogen) atoms. The third-order valence-corrected chi connectivity index (χ3v) is 3.30. The first-order chi connectivity index (χ1) is 8.18. The molecule has 5 heteroatoms. The molecule has 2 rings (SSSR count). The average molecular weight is 242 g/mol. The Hall–Kier alpha value is -0.650. The molecule has 0 aromatic heterocycles. The van der Waals surface area contributed by atoms with Gasteiger partial charge in [0, 0.05) is 19.7 Å². The molecule has 0 radical (unpaired) electrons. The van der Waals surface area contributed by atoms with Gasteiger partial charge < -0.3 is 20.1 Å². The molecule has 5 nitrogen and oxygen atoms in total. The fourth-order valence-electron chi connectivity index (χ4n) is 2.38. The Labute approximate surface area is 102 Å². The molecule has 2 heterocycles. The maximum Gasteiger partial charge on any atom is 0.223 e. The first-order valence-electron chi connectivity index (χ1n) is 6.39. The molecule has 0 bridgehead atoms. The zero-order valence-corrected chi connectivity index (χ0v) is 10.5. The van der Waals surface area contributed by atoms with Crippen LogP contribution in [0.5, 0.6) is 0 Å². The first-order valence-corrected chi connectivity index (χ1v) is 6.39. The molecule has 2 atom stereocenters. The monoisotopic (exact) mass is 242 g/mol. The highest BCUT2D eigenvalue weighted by atomic mass is 16.5. The summed E-state index contributed by atoms with van der Waals surface area (Å²) in [6, 6.07) is 0. The van der Waals surface area contributed by atoms with Crippen LogP contribution in [0.2, 0.25) is 0 Å². The summed E-state index contributed by atoms with van der Waals surface area (Å²) < 4.78 is 10.9. The Morgan fingerprint density at radius 1 is 1.53 bits per heavy atom. The maximum absolute atomic E-state index is 11.9. The molecular weight excluding hydrogens is 220 g/mol. The van der Waals surface area contributed by atoms with Gasteiger partial charge in [-0.15, -0.1) is 0 Å². The number of rotatable bonds is 3. The summed E-state index contributed by atoms with van der Waals surface area (Å²) in [5.74, 6) is 0.0618. The molecule has 2 saturated heterocycles. The molecule has 0 aliphatic carbocycles. The van der Waals surface area contributed by atoms with Crippen molar-refractivity contribution in [2.24, 2.45) is 0 Å². The SMILES string of the molecule is CC1(NC(=O)CC2CNCCO2)CCCOC1. The predicted octanol–water partition coefficient (Wildman–Crippen LogP) is 0.0502. The molecule has 2 fully saturated rings. The van der Waals surface area contributed by atoms with Gasteiger partial charge >= 0.3 is 0 Å². The van der Waals surface area contributed by atoms with Gasteiger partial charge in [-0.1, -0.05) is 0 Å². The van der Waals surface area contributed by atoms with E-state index in [1.807, 2.05) is 6.92 Å². The quantitative estimate of drug-likeness (QED) is 0.734. The number of carbonyl (C=O) groups excluding carboxylic acids is 1. The number of carbonyl (C=O) groups is 1. The lowest BCUT2D eigenvalue weighted by molar-refractivity contribution is -0.128. The van der Waals surface area contributed by atoms with Gasteiger partial charge in [-0.3, -0.25) is 4.79 Å². The van der Waals surface area contributed by atoms with Crippen LogP contribution in [0, 0.1) is 0 Å². The van der Waals surface area contributed by atoms with Gasteiger partial charge in [0.1, 0.15) is 0 Å². The van der Waals surface area contributed by atoms with Crippen molar-refractivity contribution in [3.05, 3.63) is 0 Å². The van der Waals surface area contributed by atoms with Crippen molar-refractivity contribution in [1.29, 1.82) is 0 Å². The minimum absolute atomic E-state index is 0.0110. The van der Waals surface area contributed by atoms with E-state index in [0.717, 1.165) is 32.5 Å². The third-order valence-electron chi connectivity index (χ3n) is 3.30. The Bertz CT molecular complexity index is 258. The van der Waals surface area contributed by atoms with E-state index < -0.39 is 0 Å². The molecule has 0 aromatic carbocycles. The second-order valence-corrected chi connectivity index (χ2v) is 5.17. The van der Waals surface area contributed by atoms with Gasteiger partial charge in [-0.25, -0.2) is 0 Å². The fraction of sp³-hybridized carbons (Fsp3) is 0.917. The lowest BCUT2D eigenvalue weighted by Gasteiger charge is -2.35. The minimum Gasteiger partial charge on any atom is -0.379 e. The number of hydrogen-bond acceptors (Lipinski definition) is 4. The van der Waals surface area contributed by atoms with Crippen LogP contribution in [0.4, 0.5) is 0 Å². The summed E-state index contributed by atoms with van der Waals surface area (Å²) in [4.78, 5) is 11.9. The Morgan fingerprint density at radius 3 is 3.06 bits per heavy atom. The highest BCUT2D eigenvalue weighted by molar-refractivity contribution is 5.77. The summed E-state index contributed by atoms with van der Waals surface area (Å²) in [7, 11) is 0. The van der Waals surface area contributed by atoms with E-state index in [1.165, 1.54) is 0 Å². The zero-order chi connectivity index (χ0) is 12.1. The van der Waals surface area contributed by atoms with Crippen LogP contribution in [-0.4, -0.2) is 50.5 Å². The van der Waals surface area contributed by atoms with E-state index in [4.69, 9.17) is 9.47 Å². The standard InChI is InChI=1S/C12H22N2O3/c1-12(3-2-5-16-9-12)14-11(15)7-10-8-13-4-6-17-10/h10,13H,2-9H2,1H3,(H,14,15). The van der Waals surface area contributed by atoms with Crippen LogP contribution >= 0.6 is 0 Å². The molecule has 0 spiro atoms. The number of ether oxygens (including phenoxy) is 2. The fourth-order valence-corrected chi connectivity index (χ4v) is 2.38. The summed E-state index contributed by atoms with van der Waals surface area (Å²) in [5, 5.41) is 6.29. The summed E-state index contributed by atoms with van der Waals surface area (Å²) in [5.41, 5.74) is -0.197. The topological polar surface area (TPSA) is 59.6 Å². The summed E-state index contributed by atoms with van der Waals surface area (Å²) >= 11 is 0.